The first-order valence-corrected chi connectivity index (χ1v) is 9.00. The summed E-state index contributed by atoms with van der Waals surface area (Å²) >= 11 is 0. The standard InChI is InChI=1S/C20H23N5O3/c1-14-4-6-17(7-5-14)28-13-19(26)21-10-11-24-20(27)9-8-18(23-24)25-16(3)12-15(2)22-25/h4-9,12H,10-11,13H2,1-3H3,(H,21,26). The van der Waals surface area contributed by atoms with Crippen molar-refractivity contribution in [1.29, 1.82) is 0 Å². The van der Waals surface area contributed by atoms with Crippen LogP contribution in [0.25, 0.3) is 5.82 Å². The van der Waals surface area contributed by atoms with Gasteiger partial charge in [0.05, 0.1) is 12.2 Å². The van der Waals surface area contributed by atoms with Crippen molar-refractivity contribution in [3.63, 3.8) is 0 Å². The van der Waals surface area contributed by atoms with Crippen molar-refractivity contribution in [1.82, 2.24) is 24.9 Å². The van der Waals surface area contributed by atoms with Crippen molar-refractivity contribution >= 4 is 5.91 Å². The van der Waals surface area contributed by atoms with Gasteiger partial charge in [0.1, 0.15) is 5.75 Å². The van der Waals surface area contributed by atoms with Gasteiger partial charge in [-0.1, -0.05) is 17.7 Å². The summed E-state index contributed by atoms with van der Waals surface area (Å²) in [6, 6.07) is 12.5. The van der Waals surface area contributed by atoms with Crippen LogP contribution in [0.15, 0.2) is 47.3 Å². The molecule has 8 nitrogen and oxygen atoms in total. The number of nitrogens with one attached hydrogen (secondary N) is 1. The summed E-state index contributed by atoms with van der Waals surface area (Å²) in [6.45, 7) is 6.23. The van der Waals surface area contributed by atoms with E-state index >= 15 is 0 Å². The first-order chi connectivity index (χ1) is 13.4. The Kier molecular flexibility index (Phi) is 5.88. The number of rotatable bonds is 7. The molecule has 0 atom stereocenters. The molecular formula is C20H23N5O3. The number of aromatic nitrogens is 4. The van der Waals surface area contributed by atoms with Crippen LogP contribution < -0.4 is 15.6 Å². The average molecular weight is 381 g/mol. The molecule has 0 aliphatic rings. The van der Waals surface area contributed by atoms with Gasteiger partial charge in [-0.3, -0.25) is 9.59 Å². The molecule has 2 aromatic heterocycles. The molecule has 28 heavy (non-hydrogen) atoms. The van der Waals surface area contributed by atoms with Crippen LogP contribution in [-0.4, -0.2) is 38.6 Å². The molecule has 0 aliphatic heterocycles. The second kappa shape index (κ2) is 8.51. The second-order valence-corrected chi connectivity index (χ2v) is 6.54. The zero-order valence-electron chi connectivity index (χ0n) is 16.2. The zero-order valence-corrected chi connectivity index (χ0v) is 16.2. The van der Waals surface area contributed by atoms with Crippen LogP contribution in [0, 0.1) is 20.8 Å². The van der Waals surface area contributed by atoms with E-state index in [0.29, 0.717) is 11.6 Å². The number of aryl methyl sites for hydroxylation is 3. The summed E-state index contributed by atoms with van der Waals surface area (Å²) in [5, 5.41) is 11.4. The van der Waals surface area contributed by atoms with Gasteiger partial charge in [-0.2, -0.15) is 5.10 Å². The van der Waals surface area contributed by atoms with E-state index in [1.54, 1.807) is 10.7 Å². The SMILES string of the molecule is Cc1ccc(OCC(=O)NCCn2nc(-n3nc(C)cc3C)ccc2=O)cc1. The number of ether oxygens (including phenoxy) is 1. The fourth-order valence-electron chi connectivity index (χ4n) is 2.71. The lowest BCUT2D eigenvalue weighted by atomic mass is 10.2. The summed E-state index contributed by atoms with van der Waals surface area (Å²) in [7, 11) is 0. The summed E-state index contributed by atoms with van der Waals surface area (Å²) in [6.07, 6.45) is 0. The van der Waals surface area contributed by atoms with Crippen LogP contribution in [0.3, 0.4) is 0 Å². The van der Waals surface area contributed by atoms with Crippen LogP contribution in [0.4, 0.5) is 0 Å². The molecule has 2 heterocycles. The number of amides is 1. The minimum absolute atomic E-state index is 0.0861. The van der Waals surface area contributed by atoms with Crippen LogP contribution >= 0.6 is 0 Å². The van der Waals surface area contributed by atoms with Crippen LogP contribution in [0.5, 0.6) is 5.75 Å². The minimum atomic E-state index is -0.261. The third-order valence-electron chi connectivity index (χ3n) is 4.12. The van der Waals surface area contributed by atoms with Crippen molar-refractivity contribution in [2.24, 2.45) is 0 Å². The molecular weight excluding hydrogens is 358 g/mol. The highest BCUT2D eigenvalue weighted by molar-refractivity contribution is 5.77. The minimum Gasteiger partial charge on any atom is -0.484 e. The molecule has 8 heteroatoms. The maximum Gasteiger partial charge on any atom is 0.266 e. The predicted octanol–water partition coefficient (Wildman–Crippen LogP) is 1.55. The zero-order chi connectivity index (χ0) is 20.1. The quantitative estimate of drug-likeness (QED) is 0.671. The van der Waals surface area contributed by atoms with E-state index in [2.05, 4.69) is 15.5 Å². The number of benzene rings is 1. The summed E-state index contributed by atoms with van der Waals surface area (Å²) in [5.74, 6) is 0.929. The van der Waals surface area contributed by atoms with Gasteiger partial charge in [-0.15, -0.1) is 5.10 Å². The number of carbonyl (C=O) groups excluding carboxylic acids is 1. The molecule has 1 aromatic carbocycles. The number of carbonyl (C=O) groups is 1. The Morgan fingerprint density at radius 1 is 1.07 bits per heavy atom. The van der Waals surface area contributed by atoms with E-state index in [4.69, 9.17) is 4.74 Å². The van der Waals surface area contributed by atoms with Crippen molar-refractivity contribution in [2.45, 2.75) is 27.3 Å². The topological polar surface area (TPSA) is 91.0 Å². The Morgan fingerprint density at radius 3 is 2.50 bits per heavy atom. The van der Waals surface area contributed by atoms with Crippen LogP contribution in [-0.2, 0) is 11.3 Å². The van der Waals surface area contributed by atoms with Gasteiger partial charge in [0.25, 0.3) is 11.5 Å². The first-order valence-electron chi connectivity index (χ1n) is 9.00. The summed E-state index contributed by atoms with van der Waals surface area (Å²) < 4.78 is 8.43. The highest BCUT2D eigenvalue weighted by Gasteiger charge is 2.08. The molecule has 0 bridgehead atoms. The molecule has 0 spiro atoms. The largest absolute Gasteiger partial charge is 0.484 e. The molecule has 146 valence electrons. The number of nitrogens with zero attached hydrogens (tertiary/aromatic N) is 4. The molecule has 0 aliphatic carbocycles. The number of hydrogen-bond acceptors (Lipinski definition) is 5. The van der Waals surface area contributed by atoms with E-state index in [9.17, 15) is 9.59 Å². The van der Waals surface area contributed by atoms with Gasteiger partial charge in [0, 0.05) is 18.3 Å². The lowest BCUT2D eigenvalue weighted by Crippen LogP contribution is -2.34. The lowest BCUT2D eigenvalue weighted by molar-refractivity contribution is -0.123. The Balaban J connectivity index is 1.54. The van der Waals surface area contributed by atoms with Crippen LogP contribution in [0.1, 0.15) is 17.0 Å². The lowest BCUT2D eigenvalue weighted by Gasteiger charge is -2.10. The maximum absolute atomic E-state index is 12.0. The highest BCUT2D eigenvalue weighted by Crippen LogP contribution is 2.11. The van der Waals surface area contributed by atoms with Gasteiger partial charge in [0.15, 0.2) is 12.4 Å². The van der Waals surface area contributed by atoms with E-state index in [0.717, 1.165) is 17.0 Å². The van der Waals surface area contributed by atoms with Crippen molar-refractivity contribution in [3.05, 3.63) is 69.8 Å². The van der Waals surface area contributed by atoms with Crippen molar-refractivity contribution in [3.8, 4) is 11.6 Å². The highest BCUT2D eigenvalue weighted by atomic mass is 16.5. The molecule has 1 amide bonds. The Hall–Kier alpha value is -3.42. The third kappa shape index (κ3) is 4.85. The summed E-state index contributed by atoms with van der Waals surface area (Å²) in [5.41, 5.74) is 2.68. The van der Waals surface area contributed by atoms with E-state index in [1.807, 2.05) is 51.1 Å². The molecule has 3 aromatic rings. The van der Waals surface area contributed by atoms with E-state index < -0.39 is 0 Å². The fourth-order valence-corrected chi connectivity index (χ4v) is 2.71. The number of hydrogen-bond donors (Lipinski definition) is 1. The molecule has 0 saturated heterocycles. The Morgan fingerprint density at radius 2 is 1.82 bits per heavy atom. The molecule has 0 saturated carbocycles. The summed E-state index contributed by atoms with van der Waals surface area (Å²) in [4.78, 5) is 24.0. The molecule has 0 radical (unpaired) electrons. The maximum atomic E-state index is 12.0. The third-order valence-corrected chi connectivity index (χ3v) is 4.12. The predicted molar refractivity (Wildman–Crippen MR) is 105 cm³/mol. The van der Waals surface area contributed by atoms with E-state index in [-0.39, 0.29) is 31.2 Å². The molecule has 0 fully saturated rings. The molecule has 1 N–H and O–H groups in total. The second-order valence-electron chi connectivity index (χ2n) is 6.54. The molecule has 3 rings (SSSR count). The average Bonchev–Trinajstić information content (AvgIpc) is 3.01. The van der Waals surface area contributed by atoms with Gasteiger partial charge in [0.2, 0.25) is 0 Å². The Labute approximate surface area is 162 Å². The van der Waals surface area contributed by atoms with Gasteiger partial charge in [-0.25, -0.2) is 9.36 Å². The van der Waals surface area contributed by atoms with Gasteiger partial charge in [-0.05, 0) is 45.0 Å². The monoisotopic (exact) mass is 381 g/mol. The van der Waals surface area contributed by atoms with Crippen LogP contribution in [0.2, 0.25) is 0 Å². The first kappa shape index (κ1) is 19.3. The smallest absolute Gasteiger partial charge is 0.266 e. The van der Waals surface area contributed by atoms with Crippen molar-refractivity contribution in [2.75, 3.05) is 13.2 Å². The molecule has 0 unspecified atom stereocenters. The van der Waals surface area contributed by atoms with E-state index in [1.165, 1.54) is 10.7 Å². The Bertz CT molecular complexity index is 1020. The normalized spacial score (nSPS) is 10.7. The van der Waals surface area contributed by atoms with Gasteiger partial charge >= 0.3 is 0 Å². The van der Waals surface area contributed by atoms with Crippen molar-refractivity contribution < 1.29 is 9.53 Å². The fraction of sp³-hybridized carbons (Fsp3) is 0.300. The van der Waals surface area contributed by atoms with Gasteiger partial charge < -0.3 is 10.1 Å².